The molecule has 3 rings (SSSR count). The molecule has 1 saturated heterocycles. The number of aromatic nitrogens is 1. The lowest BCUT2D eigenvalue weighted by Gasteiger charge is -2.32. The minimum Gasteiger partial charge on any atom is -0.373 e. The summed E-state index contributed by atoms with van der Waals surface area (Å²) in [7, 11) is 1.81. The highest BCUT2D eigenvalue weighted by molar-refractivity contribution is 14.0. The van der Waals surface area contributed by atoms with Crippen molar-refractivity contribution in [1.29, 1.82) is 0 Å². The highest BCUT2D eigenvalue weighted by atomic mass is 127. The van der Waals surface area contributed by atoms with E-state index in [0.717, 1.165) is 42.7 Å². The van der Waals surface area contributed by atoms with Gasteiger partial charge in [0, 0.05) is 31.5 Å². The normalized spacial score (nSPS) is 19.7. The molecule has 1 aliphatic heterocycles. The average Bonchev–Trinajstić information content (AvgIpc) is 3.18. The van der Waals surface area contributed by atoms with Gasteiger partial charge in [-0.25, -0.2) is 4.98 Å². The number of rotatable bonds is 6. The van der Waals surface area contributed by atoms with E-state index in [1.807, 2.05) is 7.05 Å². The summed E-state index contributed by atoms with van der Waals surface area (Å²) in [6.45, 7) is 8.83. The number of ether oxygens (including phenoxy) is 1. The van der Waals surface area contributed by atoms with Crippen LogP contribution in [0.15, 0.2) is 34.6 Å². The molecule has 29 heavy (non-hydrogen) atoms. The zero-order valence-corrected chi connectivity index (χ0v) is 20.9. The van der Waals surface area contributed by atoms with E-state index in [4.69, 9.17) is 4.74 Å². The van der Waals surface area contributed by atoms with E-state index in [1.54, 1.807) is 11.3 Å². The molecule has 0 bridgehead atoms. The second-order valence-electron chi connectivity index (χ2n) is 7.73. The predicted molar refractivity (Wildman–Crippen MR) is 132 cm³/mol. The maximum atomic E-state index is 6.13. The number of aryl methyl sites for hydroxylation is 1. The Labute approximate surface area is 195 Å². The summed E-state index contributed by atoms with van der Waals surface area (Å²) in [4.78, 5) is 9.05. The summed E-state index contributed by atoms with van der Waals surface area (Å²) in [5, 5.41) is 10.1. The Morgan fingerprint density at radius 2 is 2.03 bits per heavy atom. The third kappa shape index (κ3) is 6.93. The highest BCUT2D eigenvalue weighted by Gasteiger charge is 2.27. The summed E-state index contributed by atoms with van der Waals surface area (Å²) in [5.74, 6) is 1.71. The molecule has 2 heterocycles. The topological polar surface area (TPSA) is 58.5 Å². The van der Waals surface area contributed by atoms with Crippen LogP contribution in [0.25, 0.3) is 0 Å². The number of hydrogen-bond donors (Lipinski definition) is 2. The van der Waals surface area contributed by atoms with Crippen molar-refractivity contribution in [3.63, 3.8) is 0 Å². The van der Waals surface area contributed by atoms with Crippen LogP contribution in [0.2, 0.25) is 0 Å². The Morgan fingerprint density at radius 1 is 1.28 bits per heavy atom. The predicted octanol–water partition coefficient (Wildman–Crippen LogP) is 5.03. The van der Waals surface area contributed by atoms with Crippen molar-refractivity contribution in [3.05, 3.63) is 51.5 Å². The molecule has 2 unspecified atom stereocenters. The Balaban J connectivity index is 0.00000300. The molecule has 160 valence electrons. The first-order valence-corrected chi connectivity index (χ1v) is 11.0. The van der Waals surface area contributed by atoms with Gasteiger partial charge in [0.2, 0.25) is 0 Å². The van der Waals surface area contributed by atoms with E-state index in [0.29, 0.717) is 18.4 Å². The van der Waals surface area contributed by atoms with Crippen LogP contribution in [0, 0.1) is 12.8 Å². The maximum absolute atomic E-state index is 6.13. The van der Waals surface area contributed by atoms with Gasteiger partial charge in [-0.3, -0.25) is 4.99 Å². The lowest BCUT2D eigenvalue weighted by molar-refractivity contribution is -0.0265. The molecule has 2 aromatic rings. The molecule has 0 aliphatic carbocycles. The van der Waals surface area contributed by atoms with Crippen molar-refractivity contribution in [3.8, 4) is 0 Å². The Hall–Kier alpha value is -1.19. The molecular weight excluding hydrogens is 495 g/mol. The third-order valence-electron chi connectivity index (χ3n) is 5.17. The number of aliphatic imine (C=N–C) groups is 1. The summed E-state index contributed by atoms with van der Waals surface area (Å²) in [5.41, 5.74) is 3.70. The SMILES string of the molecule is CN=C(NCc1nc(C(C)C)cs1)NCC1CCCOC1c1ccc(C)cc1.I. The van der Waals surface area contributed by atoms with Crippen LogP contribution >= 0.6 is 35.3 Å². The smallest absolute Gasteiger partial charge is 0.191 e. The molecule has 0 saturated carbocycles. The fraction of sp³-hybridized carbons (Fsp3) is 0.545. The zero-order chi connectivity index (χ0) is 19.9. The summed E-state index contributed by atoms with van der Waals surface area (Å²) >= 11 is 1.70. The van der Waals surface area contributed by atoms with Crippen LogP contribution in [0.4, 0.5) is 0 Å². The van der Waals surface area contributed by atoms with Crippen molar-refractivity contribution in [2.75, 3.05) is 20.2 Å². The quantitative estimate of drug-likeness (QED) is 0.314. The fourth-order valence-electron chi connectivity index (χ4n) is 3.46. The summed E-state index contributed by atoms with van der Waals surface area (Å²) in [6, 6.07) is 8.72. The van der Waals surface area contributed by atoms with Crippen LogP contribution in [-0.4, -0.2) is 31.1 Å². The Bertz CT molecular complexity index is 775. The molecular formula is C22H33IN4OS. The zero-order valence-electron chi connectivity index (χ0n) is 17.8. The highest BCUT2D eigenvalue weighted by Crippen LogP contribution is 2.33. The Kier molecular flexibility index (Phi) is 9.85. The monoisotopic (exact) mass is 528 g/mol. The molecule has 1 fully saturated rings. The molecule has 0 radical (unpaired) electrons. The number of nitrogens with one attached hydrogen (secondary N) is 2. The summed E-state index contributed by atoms with van der Waals surface area (Å²) < 4.78 is 6.13. The largest absolute Gasteiger partial charge is 0.373 e. The molecule has 7 heteroatoms. The summed E-state index contributed by atoms with van der Waals surface area (Å²) in [6.07, 6.45) is 2.41. The van der Waals surface area contributed by atoms with Gasteiger partial charge in [-0.2, -0.15) is 0 Å². The number of halogens is 1. The first kappa shape index (κ1) is 24.1. The molecule has 5 nitrogen and oxygen atoms in total. The first-order chi connectivity index (χ1) is 13.6. The fourth-order valence-corrected chi connectivity index (χ4v) is 4.35. The van der Waals surface area contributed by atoms with Crippen LogP contribution in [0.1, 0.15) is 60.5 Å². The van der Waals surface area contributed by atoms with Gasteiger partial charge in [-0.15, -0.1) is 35.3 Å². The molecule has 0 amide bonds. The van der Waals surface area contributed by atoms with Gasteiger partial charge in [0.25, 0.3) is 0 Å². The van der Waals surface area contributed by atoms with Crippen molar-refractivity contribution in [2.24, 2.45) is 10.9 Å². The Morgan fingerprint density at radius 3 is 2.69 bits per heavy atom. The lowest BCUT2D eigenvalue weighted by Crippen LogP contribution is -2.41. The number of benzene rings is 1. The van der Waals surface area contributed by atoms with Crippen molar-refractivity contribution >= 4 is 41.3 Å². The second kappa shape index (κ2) is 11.9. The van der Waals surface area contributed by atoms with E-state index in [-0.39, 0.29) is 30.1 Å². The van der Waals surface area contributed by atoms with Gasteiger partial charge in [0.05, 0.1) is 18.3 Å². The van der Waals surface area contributed by atoms with E-state index in [1.165, 1.54) is 11.1 Å². The maximum Gasteiger partial charge on any atom is 0.191 e. The van der Waals surface area contributed by atoms with Crippen LogP contribution < -0.4 is 10.6 Å². The molecule has 1 aliphatic rings. The van der Waals surface area contributed by atoms with Crippen molar-refractivity contribution in [1.82, 2.24) is 15.6 Å². The van der Waals surface area contributed by atoms with Gasteiger partial charge < -0.3 is 15.4 Å². The number of hydrogen-bond acceptors (Lipinski definition) is 4. The van der Waals surface area contributed by atoms with E-state index in [9.17, 15) is 0 Å². The van der Waals surface area contributed by atoms with E-state index in [2.05, 4.69) is 71.0 Å². The van der Waals surface area contributed by atoms with E-state index >= 15 is 0 Å². The minimum atomic E-state index is 0. The molecule has 1 aromatic heterocycles. The van der Waals surface area contributed by atoms with Crippen LogP contribution in [-0.2, 0) is 11.3 Å². The van der Waals surface area contributed by atoms with Gasteiger partial charge in [-0.1, -0.05) is 43.7 Å². The van der Waals surface area contributed by atoms with Gasteiger partial charge in [0.1, 0.15) is 5.01 Å². The molecule has 0 spiro atoms. The van der Waals surface area contributed by atoms with Crippen LogP contribution in [0.5, 0.6) is 0 Å². The molecule has 1 aromatic carbocycles. The van der Waals surface area contributed by atoms with E-state index < -0.39 is 0 Å². The van der Waals surface area contributed by atoms with Gasteiger partial charge in [-0.05, 0) is 31.2 Å². The average molecular weight is 529 g/mol. The molecule has 2 atom stereocenters. The first-order valence-electron chi connectivity index (χ1n) is 10.1. The lowest BCUT2D eigenvalue weighted by atomic mass is 9.89. The second-order valence-corrected chi connectivity index (χ2v) is 8.67. The number of guanidine groups is 1. The van der Waals surface area contributed by atoms with Crippen molar-refractivity contribution in [2.45, 2.75) is 52.2 Å². The minimum absolute atomic E-state index is 0. The third-order valence-corrected chi connectivity index (χ3v) is 6.04. The van der Waals surface area contributed by atoms with Gasteiger partial charge >= 0.3 is 0 Å². The number of thiazole rings is 1. The van der Waals surface area contributed by atoms with Crippen LogP contribution in [0.3, 0.4) is 0 Å². The standard InChI is InChI=1S/C22H32N4OS.HI/c1-15(2)19-14-28-20(26-19)13-25-22(23-4)24-12-18-6-5-11-27-21(18)17-9-7-16(3)8-10-17;/h7-10,14-15,18,21H,5-6,11-13H2,1-4H3,(H2,23,24,25);1H. The number of nitrogens with zero attached hydrogens (tertiary/aromatic N) is 2. The van der Waals surface area contributed by atoms with Gasteiger partial charge in [0.15, 0.2) is 5.96 Å². The molecule has 2 N–H and O–H groups in total. The van der Waals surface area contributed by atoms with Crippen molar-refractivity contribution < 1.29 is 4.74 Å².